The topological polar surface area (TPSA) is 80.9 Å². The van der Waals surface area contributed by atoms with Gasteiger partial charge in [0.2, 0.25) is 5.89 Å². The van der Waals surface area contributed by atoms with Crippen molar-refractivity contribution in [3.8, 4) is 0 Å². The molecule has 21 heavy (non-hydrogen) atoms. The molecule has 0 aliphatic carbocycles. The van der Waals surface area contributed by atoms with Crippen LogP contribution in [0.25, 0.3) is 0 Å². The maximum Gasteiger partial charge on any atom is 0.251 e. The van der Waals surface area contributed by atoms with E-state index in [1.54, 1.807) is 24.5 Å². The average molecular weight is 304 g/mol. The smallest absolute Gasteiger partial charge is 0.251 e. The fourth-order valence-electron chi connectivity index (χ4n) is 2.22. The first-order chi connectivity index (χ1) is 10.3. The Morgan fingerprint density at radius 2 is 2.10 bits per heavy atom. The lowest BCUT2D eigenvalue weighted by Crippen LogP contribution is -2.23. The first-order valence-corrected chi connectivity index (χ1v) is 8.07. The average Bonchev–Trinajstić information content (AvgIpc) is 3.03. The molecular formula is C14H16N4O2S. The highest BCUT2D eigenvalue weighted by molar-refractivity contribution is 7.99. The Hall–Kier alpha value is -1.89. The Balaban J connectivity index is 1.56. The molecule has 1 aliphatic heterocycles. The summed E-state index contributed by atoms with van der Waals surface area (Å²) < 4.78 is 5.21. The molecule has 1 N–H and O–H groups in total. The van der Waals surface area contributed by atoms with E-state index in [4.69, 9.17) is 4.52 Å². The summed E-state index contributed by atoms with van der Waals surface area (Å²) in [6.45, 7) is 0.246. The largest absolute Gasteiger partial charge is 0.343 e. The molecule has 0 unspecified atom stereocenters. The predicted octanol–water partition coefficient (Wildman–Crippen LogP) is 2.01. The van der Waals surface area contributed by atoms with Crippen molar-refractivity contribution in [2.45, 2.75) is 25.3 Å². The van der Waals surface area contributed by atoms with E-state index in [-0.39, 0.29) is 12.5 Å². The molecule has 1 amide bonds. The molecule has 6 nitrogen and oxygen atoms in total. The zero-order valence-corrected chi connectivity index (χ0v) is 12.3. The van der Waals surface area contributed by atoms with E-state index in [2.05, 4.69) is 20.4 Å². The number of nitrogens with one attached hydrogen (secondary N) is 1. The van der Waals surface area contributed by atoms with Gasteiger partial charge in [0, 0.05) is 23.9 Å². The summed E-state index contributed by atoms with van der Waals surface area (Å²) >= 11 is 1.96. The van der Waals surface area contributed by atoms with Crippen LogP contribution >= 0.6 is 11.8 Å². The first kappa shape index (κ1) is 14.1. The van der Waals surface area contributed by atoms with Gasteiger partial charge in [-0.2, -0.15) is 16.7 Å². The Labute approximate surface area is 126 Å². The number of pyridine rings is 1. The standard InChI is InChI=1S/C14H16N4O2S/c19-14(11-1-5-15-6-2-11)16-9-12-17-13(18-20-12)10-3-7-21-8-4-10/h1-2,5-6,10H,3-4,7-9H2,(H,16,19). The van der Waals surface area contributed by atoms with Crippen molar-refractivity contribution in [1.29, 1.82) is 0 Å². The quantitative estimate of drug-likeness (QED) is 0.930. The molecule has 0 bridgehead atoms. The molecule has 3 rings (SSSR count). The molecule has 7 heteroatoms. The summed E-state index contributed by atoms with van der Waals surface area (Å²) in [5, 5.41) is 6.80. The summed E-state index contributed by atoms with van der Waals surface area (Å²) in [4.78, 5) is 20.2. The second kappa shape index (κ2) is 6.71. The summed E-state index contributed by atoms with van der Waals surface area (Å²) in [5.41, 5.74) is 0.564. The number of aromatic nitrogens is 3. The van der Waals surface area contributed by atoms with E-state index in [9.17, 15) is 4.79 Å². The van der Waals surface area contributed by atoms with Gasteiger partial charge < -0.3 is 9.84 Å². The zero-order chi connectivity index (χ0) is 14.5. The minimum atomic E-state index is -0.175. The van der Waals surface area contributed by atoms with Gasteiger partial charge in [-0.25, -0.2) is 0 Å². The van der Waals surface area contributed by atoms with Crippen LogP contribution in [0, 0.1) is 0 Å². The van der Waals surface area contributed by atoms with Crippen molar-refractivity contribution >= 4 is 17.7 Å². The van der Waals surface area contributed by atoms with Crippen molar-refractivity contribution in [3.63, 3.8) is 0 Å². The lowest BCUT2D eigenvalue weighted by Gasteiger charge is -2.17. The summed E-state index contributed by atoms with van der Waals surface area (Å²) in [7, 11) is 0. The Bertz CT molecular complexity index is 596. The van der Waals surface area contributed by atoms with Crippen LogP contribution in [-0.2, 0) is 6.54 Å². The molecule has 3 heterocycles. The molecule has 2 aromatic rings. The third-order valence-corrected chi connectivity index (χ3v) is 4.46. The van der Waals surface area contributed by atoms with Gasteiger partial charge in [0.1, 0.15) is 0 Å². The lowest BCUT2D eigenvalue weighted by molar-refractivity contribution is 0.0946. The molecule has 110 valence electrons. The Morgan fingerprint density at radius 1 is 1.33 bits per heavy atom. The number of hydrogen-bond donors (Lipinski definition) is 1. The number of carbonyl (C=O) groups is 1. The van der Waals surface area contributed by atoms with Gasteiger partial charge in [-0.1, -0.05) is 5.16 Å². The molecule has 0 aromatic carbocycles. The minimum absolute atomic E-state index is 0.175. The van der Waals surface area contributed by atoms with Gasteiger partial charge in [-0.3, -0.25) is 9.78 Å². The highest BCUT2D eigenvalue weighted by Gasteiger charge is 2.21. The molecule has 0 radical (unpaired) electrons. The molecule has 1 saturated heterocycles. The summed E-state index contributed by atoms with van der Waals surface area (Å²) in [6, 6.07) is 3.32. The monoisotopic (exact) mass is 304 g/mol. The normalized spacial score (nSPS) is 15.8. The van der Waals surface area contributed by atoms with E-state index in [1.807, 2.05) is 11.8 Å². The number of rotatable bonds is 4. The van der Waals surface area contributed by atoms with Crippen LogP contribution < -0.4 is 5.32 Å². The van der Waals surface area contributed by atoms with E-state index >= 15 is 0 Å². The molecule has 2 aromatic heterocycles. The van der Waals surface area contributed by atoms with Gasteiger partial charge in [0.15, 0.2) is 5.82 Å². The third kappa shape index (κ3) is 3.60. The van der Waals surface area contributed by atoms with Crippen LogP contribution in [0.15, 0.2) is 29.0 Å². The summed E-state index contributed by atoms with van der Waals surface area (Å²) in [6.07, 6.45) is 5.35. The SMILES string of the molecule is O=C(NCc1nc(C2CCSCC2)no1)c1ccncc1. The molecule has 0 atom stereocenters. The Morgan fingerprint density at radius 3 is 2.86 bits per heavy atom. The van der Waals surface area contributed by atoms with Gasteiger partial charge in [0.25, 0.3) is 5.91 Å². The third-order valence-electron chi connectivity index (χ3n) is 3.41. The van der Waals surface area contributed by atoms with Crippen molar-refractivity contribution in [2.75, 3.05) is 11.5 Å². The van der Waals surface area contributed by atoms with Crippen LogP contribution in [0.4, 0.5) is 0 Å². The maximum absolute atomic E-state index is 11.9. The van der Waals surface area contributed by atoms with Crippen molar-refractivity contribution in [1.82, 2.24) is 20.4 Å². The van der Waals surface area contributed by atoms with Crippen LogP contribution in [0.2, 0.25) is 0 Å². The van der Waals surface area contributed by atoms with Crippen LogP contribution in [0.5, 0.6) is 0 Å². The van der Waals surface area contributed by atoms with E-state index in [0.29, 0.717) is 17.4 Å². The van der Waals surface area contributed by atoms with Crippen LogP contribution in [-0.4, -0.2) is 32.5 Å². The second-order valence-electron chi connectivity index (χ2n) is 4.85. The molecule has 0 saturated carbocycles. The fraction of sp³-hybridized carbons (Fsp3) is 0.429. The fourth-order valence-corrected chi connectivity index (χ4v) is 3.33. The summed E-state index contributed by atoms with van der Waals surface area (Å²) in [5.74, 6) is 3.72. The molecule has 1 aliphatic rings. The molecular weight excluding hydrogens is 288 g/mol. The van der Waals surface area contributed by atoms with Gasteiger partial charge in [-0.15, -0.1) is 0 Å². The van der Waals surface area contributed by atoms with Crippen molar-refractivity contribution in [2.24, 2.45) is 0 Å². The number of thioether (sulfide) groups is 1. The van der Waals surface area contributed by atoms with Crippen molar-refractivity contribution < 1.29 is 9.32 Å². The Kier molecular flexibility index (Phi) is 4.49. The number of hydrogen-bond acceptors (Lipinski definition) is 6. The van der Waals surface area contributed by atoms with Gasteiger partial charge in [-0.05, 0) is 36.5 Å². The van der Waals surface area contributed by atoms with E-state index < -0.39 is 0 Å². The number of nitrogens with zero attached hydrogens (tertiary/aromatic N) is 3. The highest BCUT2D eigenvalue weighted by Crippen LogP contribution is 2.29. The maximum atomic E-state index is 11.9. The first-order valence-electron chi connectivity index (χ1n) is 6.91. The van der Waals surface area contributed by atoms with E-state index in [1.165, 1.54) is 0 Å². The van der Waals surface area contributed by atoms with Crippen molar-refractivity contribution in [3.05, 3.63) is 41.8 Å². The van der Waals surface area contributed by atoms with Crippen LogP contribution in [0.1, 0.15) is 40.8 Å². The van der Waals surface area contributed by atoms with Gasteiger partial charge in [0.05, 0.1) is 6.54 Å². The lowest BCUT2D eigenvalue weighted by atomic mass is 10.0. The zero-order valence-electron chi connectivity index (χ0n) is 11.5. The second-order valence-corrected chi connectivity index (χ2v) is 6.08. The van der Waals surface area contributed by atoms with Crippen LogP contribution in [0.3, 0.4) is 0 Å². The molecule has 1 fully saturated rings. The highest BCUT2D eigenvalue weighted by atomic mass is 32.2. The number of carbonyl (C=O) groups excluding carboxylic acids is 1. The number of amides is 1. The predicted molar refractivity (Wildman–Crippen MR) is 79.0 cm³/mol. The molecule has 0 spiro atoms. The minimum Gasteiger partial charge on any atom is -0.343 e. The van der Waals surface area contributed by atoms with E-state index in [0.717, 1.165) is 30.2 Å². The van der Waals surface area contributed by atoms with Gasteiger partial charge >= 0.3 is 0 Å².